The van der Waals surface area contributed by atoms with E-state index < -0.39 is 17.2 Å². The molecule has 0 fully saturated rings. The highest BCUT2D eigenvalue weighted by atomic mass is 16.4. The molecule has 0 saturated carbocycles. The molecule has 0 radical (unpaired) electrons. The quantitative estimate of drug-likeness (QED) is 0.827. The summed E-state index contributed by atoms with van der Waals surface area (Å²) in [6, 6.07) is 0. The van der Waals surface area contributed by atoms with Gasteiger partial charge in [-0.05, 0) is 13.3 Å². The minimum Gasteiger partial charge on any atom is -0.481 e. The van der Waals surface area contributed by atoms with Crippen LogP contribution in [-0.2, 0) is 31.9 Å². The van der Waals surface area contributed by atoms with E-state index in [1.54, 1.807) is 11.6 Å². The van der Waals surface area contributed by atoms with Gasteiger partial charge in [0.1, 0.15) is 11.5 Å². The third-order valence-electron chi connectivity index (χ3n) is 3.53. The zero-order valence-corrected chi connectivity index (χ0v) is 12.3. The molecule has 0 bridgehead atoms. The molecule has 0 aliphatic carbocycles. The van der Waals surface area contributed by atoms with Crippen molar-refractivity contribution in [3.63, 3.8) is 0 Å². The first-order valence-electron chi connectivity index (χ1n) is 6.75. The summed E-state index contributed by atoms with van der Waals surface area (Å²) in [6.07, 6.45) is 0.933. The van der Waals surface area contributed by atoms with Crippen molar-refractivity contribution >= 4 is 17.1 Å². The fourth-order valence-corrected chi connectivity index (χ4v) is 2.46. The lowest BCUT2D eigenvalue weighted by atomic mass is 10.2. The largest absolute Gasteiger partial charge is 0.481 e. The second kappa shape index (κ2) is 5.55. The molecule has 1 N–H and O–H groups in total. The van der Waals surface area contributed by atoms with Crippen molar-refractivity contribution in [1.82, 2.24) is 18.7 Å². The molecule has 0 aromatic carbocycles. The molecule has 0 spiro atoms. The van der Waals surface area contributed by atoms with Crippen LogP contribution < -0.4 is 11.2 Å². The first-order valence-corrected chi connectivity index (χ1v) is 6.75. The van der Waals surface area contributed by atoms with E-state index in [0.29, 0.717) is 30.9 Å². The maximum Gasteiger partial charge on any atom is 0.332 e. The fraction of sp³-hybridized carbons (Fsp3) is 0.538. The summed E-state index contributed by atoms with van der Waals surface area (Å²) in [5.74, 6) is -0.232. The molecule has 21 heavy (non-hydrogen) atoms. The summed E-state index contributed by atoms with van der Waals surface area (Å²) in [7, 11) is 3.01. The minimum atomic E-state index is -0.863. The van der Waals surface area contributed by atoms with E-state index >= 15 is 0 Å². The first kappa shape index (κ1) is 15.0. The summed E-state index contributed by atoms with van der Waals surface area (Å²) >= 11 is 0. The SMILES string of the molecule is CCn1c(CCCC(=O)O)nc2c(=O)n(C)c(=O)n(C)c21. The molecule has 0 atom stereocenters. The number of aliphatic carboxylic acids is 1. The molecule has 0 saturated heterocycles. The molecular formula is C13H18N4O4. The van der Waals surface area contributed by atoms with Crippen LogP contribution in [0, 0.1) is 0 Å². The molecule has 114 valence electrons. The topological polar surface area (TPSA) is 99.1 Å². The Hall–Kier alpha value is -2.38. The van der Waals surface area contributed by atoms with Crippen LogP contribution in [0.1, 0.15) is 25.6 Å². The van der Waals surface area contributed by atoms with Crippen LogP contribution in [0.25, 0.3) is 11.2 Å². The number of aryl methyl sites for hydroxylation is 3. The summed E-state index contributed by atoms with van der Waals surface area (Å²) in [5, 5.41) is 8.69. The van der Waals surface area contributed by atoms with E-state index in [2.05, 4.69) is 4.98 Å². The molecule has 0 amide bonds. The van der Waals surface area contributed by atoms with Gasteiger partial charge in [-0.15, -0.1) is 0 Å². The number of hydrogen-bond acceptors (Lipinski definition) is 4. The van der Waals surface area contributed by atoms with Crippen molar-refractivity contribution < 1.29 is 9.90 Å². The molecule has 8 heteroatoms. The number of imidazole rings is 1. The number of carboxylic acids is 1. The zero-order chi connectivity index (χ0) is 15.7. The van der Waals surface area contributed by atoms with Crippen LogP contribution in [0.4, 0.5) is 0 Å². The van der Waals surface area contributed by atoms with Crippen LogP contribution in [-0.4, -0.2) is 29.8 Å². The van der Waals surface area contributed by atoms with Gasteiger partial charge in [0, 0.05) is 33.5 Å². The lowest BCUT2D eigenvalue weighted by Gasteiger charge is -2.08. The van der Waals surface area contributed by atoms with Crippen molar-refractivity contribution in [2.24, 2.45) is 14.1 Å². The lowest BCUT2D eigenvalue weighted by Crippen LogP contribution is -2.37. The summed E-state index contributed by atoms with van der Waals surface area (Å²) < 4.78 is 4.21. The van der Waals surface area contributed by atoms with Gasteiger partial charge in [-0.1, -0.05) is 0 Å². The van der Waals surface area contributed by atoms with E-state index in [1.807, 2.05) is 6.92 Å². The number of aromatic nitrogens is 4. The van der Waals surface area contributed by atoms with Crippen LogP contribution >= 0.6 is 0 Å². The van der Waals surface area contributed by atoms with E-state index in [4.69, 9.17) is 5.11 Å². The molecule has 0 unspecified atom stereocenters. The van der Waals surface area contributed by atoms with Crippen LogP contribution in [0.3, 0.4) is 0 Å². The van der Waals surface area contributed by atoms with Gasteiger partial charge in [-0.2, -0.15) is 0 Å². The maximum atomic E-state index is 12.1. The second-order valence-electron chi connectivity index (χ2n) is 4.90. The van der Waals surface area contributed by atoms with Crippen LogP contribution in [0.2, 0.25) is 0 Å². The van der Waals surface area contributed by atoms with Gasteiger partial charge < -0.3 is 9.67 Å². The van der Waals surface area contributed by atoms with Crippen LogP contribution in [0.5, 0.6) is 0 Å². The monoisotopic (exact) mass is 294 g/mol. The fourth-order valence-electron chi connectivity index (χ4n) is 2.46. The smallest absolute Gasteiger partial charge is 0.332 e. The van der Waals surface area contributed by atoms with Crippen LogP contribution in [0.15, 0.2) is 9.59 Å². The van der Waals surface area contributed by atoms with Crippen molar-refractivity contribution in [3.05, 3.63) is 26.7 Å². The van der Waals surface area contributed by atoms with Crippen molar-refractivity contribution in [3.8, 4) is 0 Å². The highest BCUT2D eigenvalue weighted by molar-refractivity contribution is 5.71. The zero-order valence-electron chi connectivity index (χ0n) is 12.3. The first-order chi connectivity index (χ1) is 9.88. The van der Waals surface area contributed by atoms with Gasteiger partial charge in [0.2, 0.25) is 0 Å². The normalized spacial score (nSPS) is 11.2. The van der Waals surface area contributed by atoms with Crippen molar-refractivity contribution in [1.29, 1.82) is 0 Å². The number of carbonyl (C=O) groups is 1. The standard InChI is InChI=1S/C13H18N4O4/c1-4-17-8(6-5-7-9(18)19)14-10-11(17)15(2)13(21)16(3)12(10)20/h4-7H2,1-3H3,(H,18,19). The Morgan fingerprint density at radius 3 is 2.48 bits per heavy atom. The Morgan fingerprint density at radius 2 is 1.90 bits per heavy atom. The van der Waals surface area contributed by atoms with E-state index in [1.165, 1.54) is 11.6 Å². The van der Waals surface area contributed by atoms with Gasteiger partial charge in [-0.3, -0.25) is 18.7 Å². The predicted molar refractivity (Wildman–Crippen MR) is 76.5 cm³/mol. The van der Waals surface area contributed by atoms with Gasteiger partial charge in [-0.25, -0.2) is 9.78 Å². The molecule has 2 rings (SSSR count). The van der Waals surface area contributed by atoms with Gasteiger partial charge in [0.15, 0.2) is 5.52 Å². The molecule has 2 aromatic rings. The number of carboxylic acid groups (broad SMARTS) is 1. The molecular weight excluding hydrogens is 276 g/mol. The Bertz CT molecular complexity index is 812. The Labute approximate surface area is 120 Å². The van der Waals surface area contributed by atoms with Gasteiger partial charge >= 0.3 is 11.7 Å². The lowest BCUT2D eigenvalue weighted by molar-refractivity contribution is -0.137. The highest BCUT2D eigenvalue weighted by Crippen LogP contribution is 2.13. The molecule has 2 heterocycles. The minimum absolute atomic E-state index is 0.0455. The summed E-state index contributed by atoms with van der Waals surface area (Å²) in [5.41, 5.74) is -0.110. The Kier molecular flexibility index (Phi) is 3.97. The molecule has 0 aliphatic rings. The molecule has 2 aromatic heterocycles. The van der Waals surface area contributed by atoms with E-state index in [-0.39, 0.29) is 11.9 Å². The van der Waals surface area contributed by atoms with Gasteiger partial charge in [0.05, 0.1) is 0 Å². The third kappa shape index (κ3) is 2.48. The Morgan fingerprint density at radius 1 is 1.24 bits per heavy atom. The maximum absolute atomic E-state index is 12.1. The third-order valence-corrected chi connectivity index (χ3v) is 3.53. The summed E-state index contributed by atoms with van der Waals surface area (Å²) in [4.78, 5) is 39.0. The average molecular weight is 294 g/mol. The number of rotatable bonds is 5. The average Bonchev–Trinajstić information content (AvgIpc) is 2.81. The van der Waals surface area contributed by atoms with E-state index in [0.717, 1.165) is 4.57 Å². The number of fused-ring (bicyclic) bond motifs is 1. The van der Waals surface area contributed by atoms with Crippen molar-refractivity contribution in [2.45, 2.75) is 32.7 Å². The summed E-state index contributed by atoms with van der Waals surface area (Å²) in [6.45, 7) is 2.45. The molecule has 8 nitrogen and oxygen atoms in total. The highest BCUT2D eigenvalue weighted by Gasteiger charge is 2.17. The second-order valence-corrected chi connectivity index (χ2v) is 4.90. The number of hydrogen-bond donors (Lipinski definition) is 1. The Balaban J connectivity index is 2.61. The van der Waals surface area contributed by atoms with E-state index in [9.17, 15) is 14.4 Å². The molecule has 0 aliphatic heterocycles. The number of nitrogens with zero attached hydrogens (tertiary/aromatic N) is 4. The van der Waals surface area contributed by atoms with Gasteiger partial charge in [0.25, 0.3) is 5.56 Å². The predicted octanol–water partition coefficient (Wildman–Crippen LogP) is -0.139. The van der Waals surface area contributed by atoms with Crippen molar-refractivity contribution in [2.75, 3.05) is 0 Å².